The number of anilines is 2. The second-order valence-corrected chi connectivity index (χ2v) is 12.3. The summed E-state index contributed by atoms with van der Waals surface area (Å²) in [6, 6.07) is 12.8. The minimum Gasteiger partial charge on any atom is -0.355 e. The Balaban J connectivity index is 1.65. The van der Waals surface area contributed by atoms with E-state index in [0.29, 0.717) is 6.42 Å². The van der Waals surface area contributed by atoms with Crippen molar-refractivity contribution in [3.05, 3.63) is 88.0 Å². The van der Waals surface area contributed by atoms with E-state index in [-0.39, 0.29) is 5.25 Å². The maximum absolute atomic E-state index is 12.3. The molecule has 0 bridgehead atoms. The molecular weight excluding hydrogens is 462 g/mol. The number of nitrogens with one attached hydrogen (secondary N) is 1. The van der Waals surface area contributed by atoms with E-state index in [2.05, 4.69) is 54.7 Å². The maximum Gasteiger partial charge on any atom is 0.150 e. The van der Waals surface area contributed by atoms with Gasteiger partial charge in [-0.25, -0.2) is 8.42 Å². The zero-order valence-electron chi connectivity index (χ0n) is 20.1. The third kappa shape index (κ3) is 6.22. The molecule has 0 aliphatic heterocycles. The van der Waals surface area contributed by atoms with Gasteiger partial charge in [0.25, 0.3) is 0 Å². The molecule has 0 saturated carbocycles. The molecule has 3 nitrogen and oxygen atoms in total. The quantitative estimate of drug-likeness (QED) is 0.473. The molecule has 5 heteroatoms. The molecular formula is C29H34ClNO2S. The first kappa shape index (κ1) is 24.8. The van der Waals surface area contributed by atoms with E-state index in [1.54, 1.807) is 0 Å². The van der Waals surface area contributed by atoms with E-state index in [1.165, 1.54) is 28.5 Å². The summed E-state index contributed by atoms with van der Waals surface area (Å²) >= 11 is 6.31. The lowest BCUT2D eigenvalue weighted by Crippen LogP contribution is -2.24. The minimum atomic E-state index is -3.06. The molecule has 2 aromatic carbocycles. The summed E-state index contributed by atoms with van der Waals surface area (Å²) in [5.41, 5.74) is 8.31. The van der Waals surface area contributed by atoms with Gasteiger partial charge < -0.3 is 5.32 Å². The van der Waals surface area contributed by atoms with Crippen LogP contribution in [0.15, 0.2) is 65.7 Å². The van der Waals surface area contributed by atoms with Crippen molar-refractivity contribution in [2.75, 3.05) is 11.6 Å². The predicted octanol–water partition coefficient (Wildman–Crippen LogP) is 7.67. The minimum absolute atomic E-state index is 0.294. The van der Waals surface area contributed by atoms with Crippen molar-refractivity contribution in [1.29, 1.82) is 0 Å². The molecule has 2 aromatic rings. The van der Waals surface area contributed by atoms with Crippen LogP contribution in [0.25, 0.3) is 5.57 Å². The lowest BCUT2D eigenvalue weighted by Gasteiger charge is -2.23. The summed E-state index contributed by atoms with van der Waals surface area (Å²) in [4.78, 5) is 0. The van der Waals surface area contributed by atoms with Gasteiger partial charge in [0, 0.05) is 22.7 Å². The van der Waals surface area contributed by atoms with Gasteiger partial charge in [0.15, 0.2) is 9.84 Å². The summed E-state index contributed by atoms with van der Waals surface area (Å²) in [5, 5.41) is 4.12. The largest absolute Gasteiger partial charge is 0.355 e. The summed E-state index contributed by atoms with van der Waals surface area (Å²) < 4.78 is 24.6. The fourth-order valence-electron chi connectivity index (χ4n) is 4.98. The molecule has 0 spiro atoms. The van der Waals surface area contributed by atoms with Crippen LogP contribution in [0.1, 0.15) is 60.8 Å². The van der Waals surface area contributed by atoms with Gasteiger partial charge in [-0.3, -0.25) is 0 Å². The normalized spacial score (nSPS) is 19.4. The van der Waals surface area contributed by atoms with Crippen LogP contribution in [-0.4, -0.2) is 19.9 Å². The molecule has 4 rings (SSSR count). The van der Waals surface area contributed by atoms with Gasteiger partial charge in [0.2, 0.25) is 0 Å². The highest BCUT2D eigenvalue weighted by Crippen LogP contribution is 2.33. The van der Waals surface area contributed by atoms with Crippen molar-refractivity contribution in [2.45, 2.75) is 63.5 Å². The zero-order chi connectivity index (χ0) is 24.1. The Morgan fingerprint density at radius 2 is 1.88 bits per heavy atom. The number of aryl methyl sites for hydroxylation is 1. The van der Waals surface area contributed by atoms with Crippen LogP contribution in [0.2, 0.25) is 0 Å². The number of halogens is 1. The van der Waals surface area contributed by atoms with Crippen molar-refractivity contribution < 1.29 is 8.42 Å². The lowest BCUT2D eigenvalue weighted by molar-refractivity contribution is 0.556. The van der Waals surface area contributed by atoms with E-state index < -0.39 is 9.84 Å². The van der Waals surface area contributed by atoms with Crippen molar-refractivity contribution in [1.82, 2.24) is 0 Å². The van der Waals surface area contributed by atoms with Gasteiger partial charge in [-0.15, -0.1) is 0 Å². The Kier molecular flexibility index (Phi) is 8.00. The third-order valence-corrected chi connectivity index (χ3v) is 8.79. The number of benzene rings is 2. The first-order chi connectivity index (χ1) is 16.3. The highest BCUT2D eigenvalue weighted by atomic mass is 35.5. The first-order valence-electron chi connectivity index (χ1n) is 12.2. The monoisotopic (exact) mass is 495 g/mol. The molecule has 0 radical (unpaired) electrons. The van der Waals surface area contributed by atoms with Gasteiger partial charge in [0.1, 0.15) is 0 Å². The van der Waals surface area contributed by atoms with Crippen LogP contribution in [0.3, 0.4) is 0 Å². The molecule has 180 valence electrons. The molecule has 0 heterocycles. The van der Waals surface area contributed by atoms with Crippen LogP contribution >= 0.6 is 11.6 Å². The van der Waals surface area contributed by atoms with Crippen LogP contribution in [0.4, 0.5) is 11.4 Å². The molecule has 34 heavy (non-hydrogen) atoms. The molecule has 1 unspecified atom stereocenters. The van der Waals surface area contributed by atoms with Crippen LogP contribution in [-0.2, 0) is 22.7 Å². The summed E-state index contributed by atoms with van der Waals surface area (Å²) in [7, 11) is -3.06. The average Bonchev–Trinajstić information content (AvgIpc) is 2.87. The molecule has 0 saturated heterocycles. The number of hydrogen-bond acceptors (Lipinski definition) is 3. The Bertz CT molecular complexity index is 1240. The van der Waals surface area contributed by atoms with Crippen LogP contribution in [0, 0.1) is 6.92 Å². The zero-order valence-corrected chi connectivity index (χ0v) is 21.7. The Hall–Kier alpha value is -2.30. The molecule has 2 aliphatic rings. The number of rotatable bonds is 4. The topological polar surface area (TPSA) is 46.2 Å². The highest BCUT2D eigenvalue weighted by Gasteiger charge is 2.24. The molecule has 0 amide bonds. The summed E-state index contributed by atoms with van der Waals surface area (Å²) in [6.45, 7) is 2.15. The lowest BCUT2D eigenvalue weighted by atomic mass is 9.91. The fraction of sp³-hybridized carbons (Fsp3) is 0.379. The number of sulfone groups is 1. The Morgan fingerprint density at radius 1 is 1.03 bits per heavy atom. The van der Waals surface area contributed by atoms with E-state index in [0.717, 1.165) is 66.9 Å². The first-order valence-corrected chi connectivity index (χ1v) is 14.5. The SMILES string of the molecule is Cc1ccc(Nc2cccc3c2CCCCC(S(C)(=O)=O)C3)cc1C1=CC=C(Cl)C=CCCC1. The highest BCUT2D eigenvalue weighted by molar-refractivity contribution is 7.91. The van der Waals surface area contributed by atoms with E-state index in [1.807, 2.05) is 18.2 Å². The van der Waals surface area contributed by atoms with Crippen molar-refractivity contribution in [3.63, 3.8) is 0 Å². The van der Waals surface area contributed by atoms with Crippen molar-refractivity contribution >= 4 is 38.4 Å². The molecule has 0 aromatic heterocycles. The van der Waals surface area contributed by atoms with Crippen molar-refractivity contribution in [3.8, 4) is 0 Å². The number of fused-ring (bicyclic) bond motifs is 1. The van der Waals surface area contributed by atoms with E-state index >= 15 is 0 Å². The van der Waals surface area contributed by atoms with Gasteiger partial charge >= 0.3 is 0 Å². The van der Waals surface area contributed by atoms with Crippen LogP contribution in [0.5, 0.6) is 0 Å². The van der Waals surface area contributed by atoms with Crippen molar-refractivity contribution in [2.24, 2.45) is 0 Å². The molecule has 1 atom stereocenters. The fourth-order valence-corrected chi connectivity index (χ4v) is 6.21. The molecule has 0 fully saturated rings. The second kappa shape index (κ2) is 11.0. The van der Waals surface area contributed by atoms with E-state index in [9.17, 15) is 8.42 Å². The second-order valence-electron chi connectivity index (χ2n) is 9.54. The van der Waals surface area contributed by atoms with Gasteiger partial charge in [-0.1, -0.05) is 48.4 Å². The van der Waals surface area contributed by atoms with Gasteiger partial charge in [0.05, 0.1) is 5.25 Å². The third-order valence-electron chi connectivity index (χ3n) is 6.93. The standard InChI is InChI=1S/C29H34ClNO2S/c1-21-15-18-25(20-28(21)22-9-4-3-5-11-24(30)17-16-22)31-29-14-8-10-23-19-26(34(2,32)33)12-6-7-13-27(23)29/h5,8,10-11,14-18,20,26,31H,3-4,6-7,9,12-13,19H2,1-2H3. The molecule has 2 aliphatic carbocycles. The maximum atomic E-state index is 12.3. The van der Waals surface area contributed by atoms with E-state index in [4.69, 9.17) is 11.6 Å². The summed E-state index contributed by atoms with van der Waals surface area (Å²) in [5.74, 6) is 0. The molecule has 1 N–H and O–H groups in total. The average molecular weight is 496 g/mol. The smallest absolute Gasteiger partial charge is 0.150 e. The number of allylic oxidation sites excluding steroid dienone is 6. The summed E-state index contributed by atoms with van der Waals surface area (Å²) in [6.07, 6.45) is 17.0. The van der Waals surface area contributed by atoms with Crippen LogP contribution < -0.4 is 5.32 Å². The number of hydrogen-bond donors (Lipinski definition) is 1. The Morgan fingerprint density at radius 3 is 2.71 bits per heavy atom. The van der Waals surface area contributed by atoms with Gasteiger partial charge in [-0.05, 0) is 110 Å². The Labute approximate surface area is 209 Å². The van der Waals surface area contributed by atoms with Gasteiger partial charge in [-0.2, -0.15) is 0 Å². The predicted molar refractivity (Wildman–Crippen MR) is 146 cm³/mol.